The van der Waals surface area contributed by atoms with Gasteiger partial charge in [-0.15, -0.1) is 0 Å². The van der Waals surface area contributed by atoms with Crippen molar-refractivity contribution in [2.45, 2.75) is 129 Å². The van der Waals surface area contributed by atoms with Crippen LogP contribution in [0.4, 0.5) is 17.5 Å². The van der Waals surface area contributed by atoms with E-state index in [1.165, 1.54) is 81.6 Å². The molecule has 0 aliphatic carbocycles. The highest BCUT2D eigenvalue weighted by atomic mass is 31.2. The molecule has 0 saturated carbocycles. The number of nitrogens with two attached hydrogens (primary N) is 1. The highest BCUT2D eigenvalue weighted by Crippen LogP contribution is 2.35. The average molecular weight is 588 g/mol. The van der Waals surface area contributed by atoms with Crippen LogP contribution in [0.1, 0.15) is 123 Å². The first-order chi connectivity index (χ1) is 19.2. The summed E-state index contributed by atoms with van der Waals surface area (Å²) in [4.78, 5) is 37.6. The number of nitrogens with one attached hydrogen (secondary N) is 1. The van der Waals surface area contributed by atoms with Crippen molar-refractivity contribution in [2.24, 2.45) is 0 Å². The Morgan fingerprint density at radius 3 is 2.02 bits per heavy atom. The highest BCUT2D eigenvalue weighted by Gasteiger charge is 2.29. The van der Waals surface area contributed by atoms with Gasteiger partial charge in [0, 0.05) is 13.2 Å². The number of nitrogens with zero attached hydrogens (tertiary/aromatic N) is 3. The summed E-state index contributed by atoms with van der Waals surface area (Å²) >= 11 is 0. The molecule has 232 valence electrons. The summed E-state index contributed by atoms with van der Waals surface area (Å²) in [5.41, 5.74) is 6.27. The fraction of sp³-hybridized carbons (Fsp3) is 0.857. The Kier molecular flexibility index (Phi) is 16.2. The first-order valence-electron chi connectivity index (χ1n) is 15.4. The fourth-order valence-corrected chi connectivity index (χ4v) is 5.53. The lowest BCUT2D eigenvalue weighted by molar-refractivity contribution is -0.00327. The normalized spacial score (nSPS) is 14.8. The predicted molar refractivity (Wildman–Crippen MR) is 162 cm³/mol. The second kappa shape index (κ2) is 18.7. The van der Waals surface area contributed by atoms with E-state index in [9.17, 15) is 9.36 Å². The average Bonchev–Trinajstić information content (AvgIpc) is 3.30. The smallest absolute Gasteiger partial charge is 0.350 e. The molecule has 2 rings (SSSR count). The van der Waals surface area contributed by atoms with Crippen LogP contribution >= 0.6 is 7.60 Å². The Morgan fingerprint density at radius 1 is 0.950 bits per heavy atom. The molecule has 0 radical (unpaired) electrons. The number of aromatic nitrogens is 2. The molecule has 1 aromatic heterocycles. The first kappa shape index (κ1) is 34.6. The van der Waals surface area contributed by atoms with E-state index < -0.39 is 26.3 Å². The van der Waals surface area contributed by atoms with Crippen LogP contribution in [0.2, 0.25) is 0 Å². The zero-order valence-electron chi connectivity index (χ0n) is 25.0. The van der Waals surface area contributed by atoms with Gasteiger partial charge >= 0.3 is 7.60 Å². The number of ether oxygens (including phenoxy) is 2. The molecule has 5 N–H and O–H groups in total. The quantitative estimate of drug-likeness (QED) is 0.0891. The maximum absolute atomic E-state index is 13.3. The van der Waals surface area contributed by atoms with Crippen molar-refractivity contribution in [3.05, 3.63) is 10.4 Å². The maximum Gasteiger partial charge on any atom is 0.350 e. The number of hydrogen-bond acceptors (Lipinski definition) is 8. The van der Waals surface area contributed by atoms with Crippen LogP contribution in [0.25, 0.3) is 0 Å². The molecule has 2 atom stereocenters. The summed E-state index contributed by atoms with van der Waals surface area (Å²) in [6.45, 7) is 7.10. The molecule has 0 bridgehead atoms. The first-order valence-corrected chi connectivity index (χ1v) is 17.2. The fourth-order valence-electron chi connectivity index (χ4n) is 5.08. The number of unbranched alkanes of at least 4 members (excludes halogenated alkanes) is 13. The van der Waals surface area contributed by atoms with E-state index in [0.717, 1.165) is 12.8 Å². The lowest BCUT2D eigenvalue weighted by Crippen LogP contribution is -2.33. The summed E-state index contributed by atoms with van der Waals surface area (Å²) in [5.74, 6) is 0.487. The minimum atomic E-state index is -4.25. The van der Waals surface area contributed by atoms with Crippen LogP contribution in [-0.4, -0.2) is 51.6 Å². The standard InChI is InChI=1S/C28H54N5O6P/c1-4-6-7-8-9-10-11-12-13-14-15-16-17-18-19-38-24(5-2)33-27(34)25-26(31-28(33)29)32(21-30-25)20-23(3)39-22-40(35,36)37/h23-24,30H,4-22H2,1-3H3,(H2,29,31)(H2,35,36,37). The SMILES string of the molecule is CCCCCCCCCCCCCCCCOC(CC)n1c(N)nc2c(c1=O)NCN2CC(C)OCP(=O)(O)O. The Morgan fingerprint density at radius 2 is 1.50 bits per heavy atom. The van der Waals surface area contributed by atoms with Gasteiger partial charge in [0.15, 0.2) is 5.82 Å². The van der Waals surface area contributed by atoms with E-state index in [1.807, 2.05) is 6.92 Å². The molecule has 0 aromatic carbocycles. The van der Waals surface area contributed by atoms with Gasteiger partial charge in [-0.25, -0.2) is 0 Å². The molecule has 12 heteroatoms. The van der Waals surface area contributed by atoms with Crippen molar-refractivity contribution in [3.63, 3.8) is 0 Å². The molecule has 1 aliphatic rings. The van der Waals surface area contributed by atoms with Gasteiger partial charge < -0.3 is 35.2 Å². The minimum absolute atomic E-state index is 0.0778. The van der Waals surface area contributed by atoms with Crippen LogP contribution in [0, 0.1) is 0 Å². The van der Waals surface area contributed by atoms with E-state index in [2.05, 4.69) is 17.2 Å². The molecule has 1 aromatic rings. The van der Waals surface area contributed by atoms with Crippen molar-refractivity contribution in [2.75, 3.05) is 42.1 Å². The summed E-state index contributed by atoms with van der Waals surface area (Å²) in [6, 6.07) is 0. The minimum Gasteiger partial charge on any atom is -0.369 e. The van der Waals surface area contributed by atoms with Crippen LogP contribution in [-0.2, 0) is 14.0 Å². The van der Waals surface area contributed by atoms with Crippen molar-refractivity contribution in [1.29, 1.82) is 0 Å². The zero-order chi connectivity index (χ0) is 29.4. The molecule has 0 amide bonds. The van der Waals surface area contributed by atoms with Crippen molar-refractivity contribution >= 4 is 25.0 Å². The lowest BCUT2D eigenvalue weighted by Gasteiger charge is -2.24. The molecule has 0 spiro atoms. The largest absolute Gasteiger partial charge is 0.369 e. The van der Waals surface area contributed by atoms with E-state index >= 15 is 0 Å². The number of rotatable bonds is 23. The van der Waals surface area contributed by atoms with Gasteiger partial charge in [-0.1, -0.05) is 97.3 Å². The van der Waals surface area contributed by atoms with Gasteiger partial charge in [0.25, 0.3) is 5.56 Å². The van der Waals surface area contributed by atoms with Gasteiger partial charge in [-0.2, -0.15) is 4.98 Å². The monoisotopic (exact) mass is 587 g/mol. The molecule has 0 saturated heterocycles. The summed E-state index contributed by atoms with van der Waals surface area (Å²) in [7, 11) is -4.25. The Hall–Kier alpha value is -1.65. The molecular formula is C28H54N5O6P. The van der Waals surface area contributed by atoms with Crippen LogP contribution in [0.5, 0.6) is 0 Å². The summed E-state index contributed by atoms with van der Waals surface area (Å²) < 4.78 is 23.8. The number of anilines is 3. The summed E-state index contributed by atoms with van der Waals surface area (Å²) in [6.07, 6.45) is 17.1. The van der Waals surface area contributed by atoms with Gasteiger partial charge in [0.2, 0.25) is 5.95 Å². The third-order valence-electron chi connectivity index (χ3n) is 7.32. The molecule has 40 heavy (non-hydrogen) atoms. The highest BCUT2D eigenvalue weighted by molar-refractivity contribution is 7.51. The molecule has 0 fully saturated rings. The van der Waals surface area contributed by atoms with Gasteiger partial charge in [-0.05, 0) is 19.8 Å². The molecule has 11 nitrogen and oxygen atoms in total. The zero-order valence-corrected chi connectivity index (χ0v) is 25.9. The van der Waals surface area contributed by atoms with Crippen LogP contribution in [0.3, 0.4) is 0 Å². The van der Waals surface area contributed by atoms with E-state index in [4.69, 9.17) is 25.0 Å². The Bertz CT molecular complexity index is 956. The predicted octanol–water partition coefficient (Wildman–Crippen LogP) is 5.96. The third kappa shape index (κ3) is 12.5. The Labute approximate surface area is 240 Å². The topological polar surface area (TPSA) is 152 Å². The van der Waals surface area contributed by atoms with E-state index in [-0.39, 0.29) is 11.5 Å². The van der Waals surface area contributed by atoms with Crippen molar-refractivity contribution < 1.29 is 23.8 Å². The Balaban J connectivity index is 1.70. The number of nitrogen functional groups attached to an aromatic ring is 1. The van der Waals surface area contributed by atoms with E-state index in [1.54, 1.807) is 11.8 Å². The van der Waals surface area contributed by atoms with E-state index in [0.29, 0.717) is 37.7 Å². The lowest BCUT2D eigenvalue weighted by atomic mass is 10.0. The van der Waals surface area contributed by atoms with Crippen LogP contribution < -0.4 is 21.5 Å². The van der Waals surface area contributed by atoms with Gasteiger partial charge in [-0.3, -0.25) is 13.9 Å². The number of fused-ring (bicyclic) bond motifs is 1. The second-order valence-electron chi connectivity index (χ2n) is 11.0. The van der Waals surface area contributed by atoms with Crippen molar-refractivity contribution in [3.8, 4) is 0 Å². The number of hydrogen-bond donors (Lipinski definition) is 4. The van der Waals surface area contributed by atoms with Gasteiger partial charge in [0.05, 0.1) is 12.8 Å². The summed E-state index contributed by atoms with van der Waals surface area (Å²) in [5, 5.41) is 3.07. The van der Waals surface area contributed by atoms with Crippen LogP contribution in [0.15, 0.2) is 4.79 Å². The molecular weight excluding hydrogens is 533 g/mol. The second-order valence-corrected chi connectivity index (χ2v) is 12.6. The molecule has 1 aliphatic heterocycles. The molecule has 2 heterocycles. The molecule has 2 unspecified atom stereocenters. The van der Waals surface area contributed by atoms with Gasteiger partial charge in [0.1, 0.15) is 18.3 Å². The third-order valence-corrected chi connectivity index (χ3v) is 7.81. The van der Waals surface area contributed by atoms with Crippen molar-refractivity contribution in [1.82, 2.24) is 9.55 Å². The maximum atomic E-state index is 13.3.